The Morgan fingerprint density at radius 2 is 1.54 bits per heavy atom. The number of carbonyl (C=O) groups is 2. The third kappa shape index (κ3) is 4.82. The zero-order chi connectivity index (χ0) is 37.8. The minimum Gasteiger partial charge on any atom is -0.507 e. The Bertz CT molecular complexity index is 2510. The predicted octanol–water partition coefficient (Wildman–Crippen LogP) is 4.11. The van der Waals surface area contributed by atoms with E-state index in [0.717, 1.165) is 4.57 Å². The molecule has 0 saturated heterocycles. The fourth-order valence-electron chi connectivity index (χ4n) is 7.83. The summed E-state index contributed by atoms with van der Waals surface area (Å²) in [6.45, 7) is 3.04. The van der Waals surface area contributed by atoms with Gasteiger partial charge in [-0.15, -0.1) is 23.2 Å². The quantitative estimate of drug-likeness (QED) is 0.225. The molecular weight excluding hydrogens is 760 g/mol. The number of allylic oxidation sites excluding steroid dienone is 4. The molecule has 0 spiro atoms. The lowest BCUT2D eigenvalue weighted by Crippen LogP contribution is -2.67. The largest absolute Gasteiger partial charge is 0.507 e. The van der Waals surface area contributed by atoms with E-state index in [-0.39, 0.29) is 37.4 Å². The van der Waals surface area contributed by atoms with Crippen molar-refractivity contribution in [3.8, 4) is 17.2 Å². The summed E-state index contributed by atoms with van der Waals surface area (Å²) in [7, 11) is 4.53. The number of fused-ring (bicyclic) bond motifs is 5. The molecule has 2 aromatic heterocycles. The van der Waals surface area contributed by atoms with Gasteiger partial charge in [-0.1, -0.05) is 41.4 Å². The predicted molar refractivity (Wildman–Crippen MR) is 195 cm³/mol. The Balaban J connectivity index is 1.34. The molecule has 7 rings (SSSR count). The average molecular weight is 791 g/mol. The molecule has 272 valence electrons. The number of aromatic nitrogens is 5. The van der Waals surface area contributed by atoms with Gasteiger partial charge < -0.3 is 19.1 Å². The van der Waals surface area contributed by atoms with Crippen molar-refractivity contribution < 1.29 is 24.2 Å². The van der Waals surface area contributed by atoms with Crippen molar-refractivity contribution in [3.63, 3.8) is 0 Å². The number of methoxy groups -OCH3 is 2. The van der Waals surface area contributed by atoms with Crippen LogP contribution in [0.1, 0.15) is 40.8 Å². The van der Waals surface area contributed by atoms with Gasteiger partial charge in [0.1, 0.15) is 31.3 Å². The van der Waals surface area contributed by atoms with Gasteiger partial charge >= 0.3 is 11.4 Å². The van der Waals surface area contributed by atoms with E-state index in [1.165, 1.54) is 28.2 Å². The topological polar surface area (TPSA) is 157 Å². The lowest BCUT2D eigenvalue weighted by atomic mass is 9.59. The van der Waals surface area contributed by atoms with Gasteiger partial charge in [-0.2, -0.15) is 0 Å². The minimum atomic E-state index is -2.21. The van der Waals surface area contributed by atoms with Gasteiger partial charge in [0.15, 0.2) is 23.1 Å². The van der Waals surface area contributed by atoms with Crippen molar-refractivity contribution in [2.45, 2.75) is 61.5 Å². The number of benzene rings is 2. The molecule has 4 unspecified atom stereocenters. The summed E-state index contributed by atoms with van der Waals surface area (Å²) in [4.78, 5) is 69.6. The first-order chi connectivity index (χ1) is 24.5. The van der Waals surface area contributed by atoms with Crippen LogP contribution in [0.5, 0.6) is 17.2 Å². The molecule has 2 aliphatic carbocycles. The van der Waals surface area contributed by atoms with E-state index in [9.17, 15) is 29.1 Å². The molecule has 2 aromatic carbocycles. The Morgan fingerprint density at radius 1 is 0.923 bits per heavy atom. The van der Waals surface area contributed by atoms with Crippen LogP contribution in [0.2, 0.25) is 0 Å². The third-order valence-corrected chi connectivity index (χ3v) is 12.7. The summed E-state index contributed by atoms with van der Waals surface area (Å²) >= 11 is 27.1. The van der Waals surface area contributed by atoms with E-state index in [0.29, 0.717) is 44.8 Å². The number of aromatic hydroxyl groups is 1. The van der Waals surface area contributed by atoms with Crippen molar-refractivity contribution in [3.05, 3.63) is 99.7 Å². The standard InChI is InChI=1S/C35H31Cl4N5O8/c1-15-10-17(11-16(2)28(15)45)25-18-6-9-43-32(49)42(8-7-19-31(48)41(3)21-13-24(52-5)23(51-4)12-20(21)40-19)33(50)44(43)22(18)14-34(38)29(46)26(36)27(37)30(47)35(25,34)39/h6,10-13,22,25,45H,7-9,14H2,1-5H3. The van der Waals surface area contributed by atoms with Gasteiger partial charge in [-0.3, -0.25) is 14.4 Å². The van der Waals surface area contributed by atoms with Gasteiger partial charge in [0.25, 0.3) is 5.56 Å². The summed E-state index contributed by atoms with van der Waals surface area (Å²) in [6.07, 6.45) is 1.22. The van der Waals surface area contributed by atoms with Crippen LogP contribution in [0.15, 0.2) is 60.4 Å². The number of alkyl halides is 2. The lowest BCUT2D eigenvalue weighted by molar-refractivity contribution is -0.128. The molecule has 4 aromatic rings. The van der Waals surface area contributed by atoms with Crippen LogP contribution >= 0.6 is 46.4 Å². The summed E-state index contributed by atoms with van der Waals surface area (Å²) in [5, 5.41) is 9.44. The minimum absolute atomic E-state index is 0.0262. The molecule has 3 aliphatic rings. The number of carbonyl (C=O) groups excluding carboxylic acids is 2. The Morgan fingerprint density at radius 3 is 2.17 bits per heavy atom. The number of ether oxygens (including phenoxy) is 2. The fourth-order valence-corrected chi connectivity index (χ4v) is 9.35. The summed E-state index contributed by atoms with van der Waals surface area (Å²) in [6, 6.07) is 5.48. The summed E-state index contributed by atoms with van der Waals surface area (Å²) in [5.74, 6) is -2.06. The maximum atomic E-state index is 14.3. The molecule has 0 radical (unpaired) electrons. The molecule has 1 aliphatic heterocycles. The number of Topliss-reactive ketones (excluding diaryl/α,β-unsaturated/α-hetero) is 2. The van der Waals surface area contributed by atoms with Gasteiger partial charge in [-0.25, -0.2) is 28.5 Å². The maximum absolute atomic E-state index is 14.3. The van der Waals surface area contributed by atoms with E-state index in [1.807, 2.05) is 0 Å². The van der Waals surface area contributed by atoms with E-state index >= 15 is 0 Å². The number of halogens is 4. The van der Waals surface area contributed by atoms with Crippen molar-refractivity contribution >= 4 is 69.0 Å². The highest BCUT2D eigenvalue weighted by molar-refractivity contribution is 6.66. The molecule has 13 nitrogen and oxygen atoms in total. The number of rotatable bonds is 6. The highest BCUT2D eigenvalue weighted by Gasteiger charge is 2.71. The average Bonchev–Trinajstić information content (AvgIpc) is 3.37. The number of hydrogen-bond acceptors (Lipinski definition) is 9. The maximum Gasteiger partial charge on any atom is 0.347 e. The molecule has 3 heterocycles. The van der Waals surface area contributed by atoms with Crippen LogP contribution in [0.3, 0.4) is 0 Å². The molecule has 1 N–H and O–H groups in total. The van der Waals surface area contributed by atoms with Gasteiger partial charge in [0.2, 0.25) is 0 Å². The highest BCUT2D eigenvalue weighted by atomic mass is 35.5. The van der Waals surface area contributed by atoms with Crippen molar-refractivity contribution in [2.75, 3.05) is 14.2 Å². The molecule has 1 saturated carbocycles. The van der Waals surface area contributed by atoms with Crippen LogP contribution in [0, 0.1) is 13.8 Å². The Hall–Kier alpha value is -4.30. The monoisotopic (exact) mass is 789 g/mol. The zero-order valence-corrected chi connectivity index (χ0v) is 31.4. The van der Waals surface area contributed by atoms with Crippen molar-refractivity contribution in [1.29, 1.82) is 0 Å². The summed E-state index contributed by atoms with van der Waals surface area (Å²) < 4.78 is 15.6. The molecule has 1 fully saturated rings. The van der Waals surface area contributed by atoms with E-state index in [4.69, 9.17) is 55.9 Å². The first-order valence-electron chi connectivity index (χ1n) is 16.1. The van der Waals surface area contributed by atoms with Crippen LogP contribution in [-0.4, -0.2) is 64.1 Å². The van der Waals surface area contributed by atoms with Crippen LogP contribution in [0.4, 0.5) is 0 Å². The normalized spacial score (nSPS) is 24.1. The van der Waals surface area contributed by atoms with E-state index < -0.39 is 60.3 Å². The number of ketones is 2. The van der Waals surface area contributed by atoms with Crippen LogP contribution in [-0.2, 0) is 36.1 Å². The number of aryl methyl sites for hydroxylation is 4. The van der Waals surface area contributed by atoms with E-state index in [2.05, 4.69) is 4.98 Å². The van der Waals surface area contributed by atoms with Gasteiger partial charge in [0.05, 0.1) is 37.8 Å². The number of nitrogens with zero attached hydrogens (tertiary/aromatic N) is 5. The Labute approximate surface area is 315 Å². The molecule has 0 amide bonds. The van der Waals surface area contributed by atoms with Crippen LogP contribution < -0.4 is 26.4 Å². The van der Waals surface area contributed by atoms with Gasteiger partial charge in [0, 0.05) is 44.5 Å². The second-order valence-electron chi connectivity index (χ2n) is 13.2. The lowest BCUT2D eigenvalue weighted by Gasteiger charge is -2.54. The first kappa shape index (κ1) is 36.1. The van der Waals surface area contributed by atoms with Crippen LogP contribution in [0.25, 0.3) is 11.0 Å². The fraction of sp³-hybridized carbons (Fsp3) is 0.371. The van der Waals surface area contributed by atoms with Crippen molar-refractivity contribution in [1.82, 2.24) is 23.5 Å². The SMILES string of the molecule is COc1cc2nc(CCn3c(=O)n4n(c3=O)C3CC5(Cl)C(=O)C(Cl)=C(Cl)C(=O)C5(Cl)C(c5cc(C)c(O)c(C)c5)C3=CC4)c(=O)n(C)c2cc1OC. The molecular formula is C35H31Cl4N5O8. The second-order valence-corrected chi connectivity index (χ2v) is 15.2. The molecule has 17 heteroatoms. The molecule has 0 bridgehead atoms. The van der Waals surface area contributed by atoms with Crippen molar-refractivity contribution in [2.24, 2.45) is 7.05 Å². The third-order valence-electron chi connectivity index (χ3n) is 10.5. The van der Waals surface area contributed by atoms with Gasteiger partial charge in [-0.05, 0) is 36.1 Å². The first-order valence-corrected chi connectivity index (χ1v) is 17.6. The number of phenols is 1. The highest BCUT2D eigenvalue weighted by Crippen LogP contribution is 2.63. The Kier molecular flexibility index (Phi) is 8.60. The smallest absolute Gasteiger partial charge is 0.347 e. The molecule has 4 atom stereocenters. The zero-order valence-electron chi connectivity index (χ0n) is 28.4. The second kappa shape index (κ2) is 12.4. The number of hydrogen-bond donors (Lipinski definition) is 1. The molecule has 52 heavy (non-hydrogen) atoms. The summed E-state index contributed by atoms with van der Waals surface area (Å²) in [5.41, 5.74) is 1.02. The number of phenolic OH excluding ortho intramolecular Hbond substituents is 1. The van der Waals surface area contributed by atoms with E-state index in [1.54, 1.807) is 51.2 Å².